The van der Waals surface area contributed by atoms with Gasteiger partial charge in [0, 0.05) is 0 Å². The fourth-order valence-electron chi connectivity index (χ4n) is 3.28. The van der Waals surface area contributed by atoms with E-state index in [-0.39, 0.29) is 18.4 Å². The largest absolute Gasteiger partial charge is 0.493 e. The molecule has 0 saturated heterocycles. The molecule has 146 valence electrons. The van der Waals surface area contributed by atoms with Crippen molar-refractivity contribution in [3.05, 3.63) is 65.7 Å². The topological polar surface area (TPSA) is 56.8 Å². The van der Waals surface area contributed by atoms with E-state index in [9.17, 15) is 4.79 Å². The van der Waals surface area contributed by atoms with Gasteiger partial charge in [-0.3, -0.25) is 4.79 Å². The molecule has 3 aromatic carbocycles. The second kappa shape index (κ2) is 8.65. The van der Waals surface area contributed by atoms with Crippen molar-refractivity contribution in [3.63, 3.8) is 0 Å². The minimum absolute atomic E-state index is 0.0741. The summed E-state index contributed by atoms with van der Waals surface area (Å²) in [4.78, 5) is 12.6. The highest BCUT2D eigenvalue weighted by molar-refractivity contribution is 5.84. The second-order valence-electron chi connectivity index (χ2n) is 6.61. The van der Waals surface area contributed by atoms with Crippen LogP contribution < -0.4 is 19.5 Å². The number of nitrogens with one attached hydrogen (secondary N) is 1. The summed E-state index contributed by atoms with van der Waals surface area (Å²) >= 11 is 0. The van der Waals surface area contributed by atoms with Crippen LogP contribution in [0, 0.1) is 0 Å². The van der Waals surface area contributed by atoms with Gasteiger partial charge in [0.05, 0.1) is 33.8 Å². The number of carbonyl (C=O) groups excluding carboxylic acids is 1. The van der Waals surface area contributed by atoms with E-state index >= 15 is 0 Å². The van der Waals surface area contributed by atoms with E-state index in [0.29, 0.717) is 17.2 Å². The van der Waals surface area contributed by atoms with Crippen LogP contribution in [0.25, 0.3) is 10.8 Å². The van der Waals surface area contributed by atoms with Crippen molar-refractivity contribution < 1.29 is 19.0 Å². The summed E-state index contributed by atoms with van der Waals surface area (Å²) in [5, 5.41) is 5.40. The predicted molar refractivity (Wildman–Crippen MR) is 110 cm³/mol. The first-order chi connectivity index (χ1) is 13.5. The third-order valence-corrected chi connectivity index (χ3v) is 4.74. The lowest BCUT2D eigenvalue weighted by Crippen LogP contribution is -2.28. The Kier molecular flexibility index (Phi) is 6.04. The predicted octanol–water partition coefficient (Wildman–Crippen LogP) is 4.29. The molecule has 0 aliphatic heterocycles. The van der Waals surface area contributed by atoms with E-state index in [1.54, 1.807) is 33.5 Å². The van der Waals surface area contributed by atoms with Gasteiger partial charge >= 0.3 is 0 Å². The molecule has 1 atom stereocenters. The minimum atomic E-state index is -0.0980. The summed E-state index contributed by atoms with van der Waals surface area (Å²) in [6, 6.07) is 17.9. The van der Waals surface area contributed by atoms with E-state index < -0.39 is 0 Å². The van der Waals surface area contributed by atoms with Gasteiger partial charge in [-0.05, 0) is 47.0 Å². The van der Waals surface area contributed by atoms with Gasteiger partial charge < -0.3 is 19.5 Å². The fourth-order valence-corrected chi connectivity index (χ4v) is 3.28. The molecule has 0 spiro atoms. The van der Waals surface area contributed by atoms with Crippen molar-refractivity contribution in [2.45, 2.75) is 19.4 Å². The Balaban J connectivity index is 1.74. The zero-order valence-electron chi connectivity index (χ0n) is 16.6. The lowest BCUT2D eigenvalue weighted by Gasteiger charge is -2.17. The van der Waals surface area contributed by atoms with Crippen LogP contribution in [0.15, 0.2) is 54.6 Å². The van der Waals surface area contributed by atoms with E-state index in [1.807, 2.05) is 25.1 Å². The molecular formula is C23H25NO4. The van der Waals surface area contributed by atoms with Crippen molar-refractivity contribution in [1.29, 1.82) is 0 Å². The maximum Gasteiger partial charge on any atom is 0.224 e. The number of hydrogen-bond donors (Lipinski definition) is 1. The van der Waals surface area contributed by atoms with Gasteiger partial charge in [0.25, 0.3) is 0 Å². The maximum atomic E-state index is 12.6. The lowest BCUT2D eigenvalue weighted by molar-refractivity contribution is -0.121. The molecule has 28 heavy (non-hydrogen) atoms. The molecule has 1 N–H and O–H groups in total. The normalized spacial score (nSPS) is 11.7. The van der Waals surface area contributed by atoms with Gasteiger partial charge in [-0.2, -0.15) is 0 Å². The molecule has 3 aromatic rings. The molecule has 0 fully saturated rings. The second-order valence-corrected chi connectivity index (χ2v) is 6.61. The fraction of sp³-hybridized carbons (Fsp3) is 0.261. The van der Waals surface area contributed by atoms with E-state index in [4.69, 9.17) is 14.2 Å². The molecule has 0 heterocycles. The molecule has 5 nitrogen and oxygen atoms in total. The van der Waals surface area contributed by atoms with Gasteiger partial charge in [-0.1, -0.05) is 36.4 Å². The average Bonchev–Trinajstić information content (AvgIpc) is 2.72. The van der Waals surface area contributed by atoms with Crippen LogP contribution >= 0.6 is 0 Å². The monoisotopic (exact) mass is 379 g/mol. The third kappa shape index (κ3) is 4.19. The average molecular weight is 379 g/mol. The van der Waals surface area contributed by atoms with Crippen LogP contribution in [0.3, 0.4) is 0 Å². The number of carbonyl (C=O) groups is 1. The molecule has 5 heteroatoms. The Labute approximate surface area is 165 Å². The van der Waals surface area contributed by atoms with Crippen LogP contribution in [-0.2, 0) is 11.2 Å². The third-order valence-electron chi connectivity index (χ3n) is 4.74. The summed E-state index contributed by atoms with van der Waals surface area (Å²) in [6.45, 7) is 1.98. The molecule has 0 aliphatic rings. The van der Waals surface area contributed by atoms with Crippen LogP contribution in [0.5, 0.6) is 17.2 Å². The van der Waals surface area contributed by atoms with Gasteiger partial charge in [0.2, 0.25) is 11.7 Å². The molecule has 1 amide bonds. The molecule has 0 unspecified atom stereocenters. The Morgan fingerprint density at radius 3 is 2.14 bits per heavy atom. The Morgan fingerprint density at radius 1 is 0.893 bits per heavy atom. The van der Waals surface area contributed by atoms with E-state index in [0.717, 1.165) is 16.5 Å². The first-order valence-corrected chi connectivity index (χ1v) is 9.12. The quantitative estimate of drug-likeness (QED) is 0.665. The Morgan fingerprint density at radius 2 is 1.54 bits per heavy atom. The maximum absolute atomic E-state index is 12.6. The molecule has 3 rings (SSSR count). The number of amides is 1. The molecule has 0 aliphatic carbocycles. The van der Waals surface area contributed by atoms with Crippen molar-refractivity contribution in [1.82, 2.24) is 5.32 Å². The number of ether oxygens (including phenoxy) is 3. The van der Waals surface area contributed by atoms with Gasteiger partial charge in [-0.15, -0.1) is 0 Å². The number of benzene rings is 3. The molecule has 0 radical (unpaired) electrons. The molecule has 0 saturated carbocycles. The zero-order chi connectivity index (χ0) is 20.1. The molecular weight excluding hydrogens is 354 g/mol. The zero-order valence-corrected chi connectivity index (χ0v) is 16.6. The number of hydrogen-bond acceptors (Lipinski definition) is 4. The standard InChI is InChI=1S/C23H25NO4/c1-15(18-10-9-17-7-5-6-8-19(17)14-18)24-22(25)13-16-11-20(26-2)23(28-4)21(12-16)27-3/h5-12,14-15H,13H2,1-4H3,(H,24,25)/t15-/m1/s1. The van der Waals surface area contributed by atoms with Crippen LogP contribution in [0.1, 0.15) is 24.1 Å². The highest BCUT2D eigenvalue weighted by Gasteiger charge is 2.16. The van der Waals surface area contributed by atoms with Crippen LogP contribution in [0.4, 0.5) is 0 Å². The van der Waals surface area contributed by atoms with Crippen molar-refractivity contribution >= 4 is 16.7 Å². The SMILES string of the molecule is COc1cc(CC(=O)N[C@H](C)c2ccc3ccccc3c2)cc(OC)c1OC. The number of rotatable bonds is 7. The summed E-state index contributed by atoms with van der Waals surface area (Å²) in [5.41, 5.74) is 1.86. The van der Waals surface area contributed by atoms with Crippen LogP contribution in [0.2, 0.25) is 0 Å². The Bertz CT molecular complexity index is 958. The Hall–Kier alpha value is -3.21. The van der Waals surface area contributed by atoms with Crippen LogP contribution in [-0.4, -0.2) is 27.2 Å². The summed E-state index contributed by atoms with van der Waals surface area (Å²) < 4.78 is 16.0. The van der Waals surface area contributed by atoms with Gasteiger partial charge in [0.15, 0.2) is 11.5 Å². The van der Waals surface area contributed by atoms with Crippen molar-refractivity contribution in [3.8, 4) is 17.2 Å². The summed E-state index contributed by atoms with van der Waals surface area (Å²) in [6.07, 6.45) is 0.217. The summed E-state index contributed by atoms with van der Waals surface area (Å²) in [5.74, 6) is 1.51. The van der Waals surface area contributed by atoms with E-state index in [1.165, 1.54) is 5.39 Å². The van der Waals surface area contributed by atoms with Gasteiger partial charge in [-0.25, -0.2) is 0 Å². The highest BCUT2D eigenvalue weighted by atomic mass is 16.5. The lowest BCUT2D eigenvalue weighted by atomic mass is 10.0. The van der Waals surface area contributed by atoms with Crippen molar-refractivity contribution in [2.75, 3.05) is 21.3 Å². The minimum Gasteiger partial charge on any atom is -0.493 e. The number of fused-ring (bicyclic) bond motifs is 1. The first-order valence-electron chi connectivity index (χ1n) is 9.12. The molecule has 0 aromatic heterocycles. The summed E-state index contributed by atoms with van der Waals surface area (Å²) in [7, 11) is 4.67. The van der Waals surface area contributed by atoms with Crippen molar-refractivity contribution in [2.24, 2.45) is 0 Å². The van der Waals surface area contributed by atoms with E-state index in [2.05, 4.69) is 29.6 Å². The smallest absolute Gasteiger partial charge is 0.224 e. The van der Waals surface area contributed by atoms with Gasteiger partial charge in [0.1, 0.15) is 0 Å². The highest BCUT2D eigenvalue weighted by Crippen LogP contribution is 2.38. The number of methoxy groups -OCH3 is 3. The molecule has 0 bridgehead atoms. The first kappa shape index (κ1) is 19.5.